The Bertz CT molecular complexity index is 787. The molecule has 1 aromatic carbocycles. The van der Waals surface area contributed by atoms with Crippen molar-refractivity contribution >= 4 is 44.8 Å². The van der Waals surface area contributed by atoms with E-state index in [1.165, 1.54) is 4.68 Å². The predicted molar refractivity (Wildman–Crippen MR) is 83.4 cm³/mol. The van der Waals surface area contributed by atoms with Gasteiger partial charge >= 0.3 is 0 Å². The van der Waals surface area contributed by atoms with E-state index < -0.39 is 10.0 Å². The smallest absolute Gasteiger partial charge is 0.245 e. The Morgan fingerprint density at radius 1 is 1.29 bits per heavy atom. The Morgan fingerprint density at radius 3 is 2.52 bits per heavy atom. The third kappa shape index (κ3) is 3.35. The van der Waals surface area contributed by atoms with Crippen LogP contribution in [0, 0.1) is 6.92 Å². The molecule has 2 aromatic rings. The summed E-state index contributed by atoms with van der Waals surface area (Å²) in [5.41, 5.74) is 0.901. The lowest BCUT2D eigenvalue weighted by Crippen LogP contribution is -2.24. The molecule has 0 aliphatic carbocycles. The number of halogens is 3. The molecular weight excluding hydrogens is 357 g/mol. The first-order valence-electron chi connectivity index (χ1n) is 5.85. The predicted octanol–water partition coefficient (Wildman–Crippen LogP) is 3.17. The third-order valence-corrected chi connectivity index (χ3v) is 5.81. The molecule has 114 valence electrons. The van der Waals surface area contributed by atoms with Crippen LogP contribution < -0.4 is 4.72 Å². The van der Waals surface area contributed by atoms with E-state index >= 15 is 0 Å². The molecule has 0 unspecified atom stereocenters. The van der Waals surface area contributed by atoms with Gasteiger partial charge in [-0.1, -0.05) is 46.9 Å². The molecule has 0 atom stereocenters. The molecule has 1 aromatic heterocycles. The van der Waals surface area contributed by atoms with E-state index in [9.17, 15) is 8.42 Å². The van der Waals surface area contributed by atoms with Gasteiger partial charge in [0.2, 0.25) is 10.0 Å². The highest BCUT2D eigenvalue weighted by molar-refractivity contribution is 7.89. The Morgan fingerprint density at radius 2 is 1.95 bits per heavy atom. The lowest BCUT2D eigenvalue weighted by atomic mass is 10.2. The van der Waals surface area contributed by atoms with Crippen LogP contribution in [0.1, 0.15) is 11.3 Å². The molecule has 1 N–H and O–H groups in total. The minimum Gasteiger partial charge on any atom is -0.255 e. The van der Waals surface area contributed by atoms with Gasteiger partial charge in [0.15, 0.2) is 0 Å². The molecule has 0 saturated carbocycles. The molecule has 0 radical (unpaired) electrons. The normalized spacial score (nSPS) is 11.9. The van der Waals surface area contributed by atoms with Gasteiger partial charge in [-0.2, -0.15) is 5.10 Å². The van der Waals surface area contributed by atoms with Crippen LogP contribution in [0.15, 0.2) is 23.1 Å². The highest BCUT2D eigenvalue weighted by Gasteiger charge is 2.25. The van der Waals surface area contributed by atoms with Crippen LogP contribution in [0.25, 0.3) is 0 Å². The largest absolute Gasteiger partial charge is 0.255 e. The fourth-order valence-corrected chi connectivity index (χ4v) is 3.99. The lowest BCUT2D eigenvalue weighted by Gasteiger charge is -2.08. The first-order chi connectivity index (χ1) is 9.74. The van der Waals surface area contributed by atoms with Crippen LogP contribution in [0.2, 0.25) is 15.2 Å². The number of hydrogen-bond donors (Lipinski definition) is 1. The van der Waals surface area contributed by atoms with Crippen LogP contribution in [0.3, 0.4) is 0 Å². The average molecular weight is 369 g/mol. The van der Waals surface area contributed by atoms with Crippen molar-refractivity contribution in [3.05, 3.63) is 44.7 Å². The van der Waals surface area contributed by atoms with Crippen LogP contribution in [0.4, 0.5) is 0 Å². The second-order valence-electron chi connectivity index (χ2n) is 4.37. The van der Waals surface area contributed by atoms with Gasteiger partial charge in [0.25, 0.3) is 0 Å². The van der Waals surface area contributed by atoms with Crippen molar-refractivity contribution in [2.75, 3.05) is 0 Å². The number of aryl methyl sites for hydroxylation is 2. The van der Waals surface area contributed by atoms with Gasteiger partial charge in [-0.05, 0) is 18.6 Å². The summed E-state index contributed by atoms with van der Waals surface area (Å²) in [7, 11) is -2.22. The monoisotopic (exact) mass is 367 g/mol. The zero-order valence-electron chi connectivity index (χ0n) is 11.2. The quantitative estimate of drug-likeness (QED) is 0.901. The van der Waals surface area contributed by atoms with Gasteiger partial charge < -0.3 is 0 Å². The number of nitrogens with zero attached hydrogens (tertiary/aromatic N) is 2. The zero-order valence-corrected chi connectivity index (χ0v) is 14.3. The highest BCUT2D eigenvalue weighted by atomic mass is 35.5. The van der Waals surface area contributed by atoms with Crippen molar-refractivity contribution in [2.24, 2.45) is 7.05 Å². The Kier molecular flexibility index (Phi) is 4.85. The van der Waals surface area contributed by atoms with E-state index in [2.05, 4.69) is 9.82 Å². The molecule has 0 amide bonds. The Balaban J connectivity index is 2.28. The van der Waals surface area contributed by atoms with E-state index in [4.69, 9.17) is 34.8 Å². The second kappa shape index (κ2) is 6.14. The van der Waals surface area contributed by atoms with Crippen molar-refractivity contribution in [1.29, 1.82) is 0 Å². The molecule has 1 heterocycles. The molecule has 0 bridgehead atoms. The number of hydrogen-bond acceptors (Lipinski definition) is 3. The fraction of sp³-hybridized carbons (Fsp3) is 0.250. The van der Waals surface area contributed by atoms with Gasteiger partial charge in [-0.15, -0.1) is 0 Å². The summed E-state index contributed by atoms with van der Waals surface area (Å²) in [5, 5.41) is 4.72. The molecule has 21 heavy (non-hydrogen) atoms. The molecule has 0 spiro atoms. The summed E-state index contributed by atoms with van der Waals surface area (Å²) >= 11 is 17.9. The van der Waals surface area contributed by atoms with Crippen molar-refractivity contribution in [1.82, 2.24) is 14.5 Å². The minimum atomic E-state index is -3.80. The number of benzene rings is 1. The Labute approximate surface area is 137 Å². The van der Waals surface area contributed by atoms with E-state index in [1.54, 1.807) is 32.2 Å². The Hall–Kier alpha value is -0.790. The third-order valence-electron chi connectivity index (χ3n) is 2.85. The molecule has 9 heteroatoms. The summed E-state index contributed by atoms with van der Waals surface area (Å²) in [4.78, 5) is -0.0372. The van der Waals surface area contributed by atoms with Gasteiger partial charge in [-0.25, -0.2) is 13.1 Å². The molecular formula is C12H12Cl3N3O2S. The van der Waals surface area contributed by atoms with E-state index in [-0.39, 0.29) is 16.6 Å². The van der Waals surface area contributed by atoms with Crippen molar-refractivity contribution in [3.63, 3.8) is 0 Å². The van der Waals surface area contributed by atoms with Gasteiger partial charge in [0.1, 0.15) is 10.0 Å². The van der Waals surface area contributed by atoms with Crippen LogP contribution >= 0.6 is 34.8 Å². The number of rotatable bonds is 4. The first kappa shape index (κ1) is 16.6. The van der Waals surface area contributed by atoms with Crippen LogP contribution in [-0.2, 0) is 23.6 Å². The van der Waals surface area contributed by atoms with Crippen LogP contribution in [-0.4, -0.2) is 18.2 Å². The maximum Gasteiger partial charge on any atom is 0.245 e. The van der Waals surface area contributed by atoms with E-state index in [0.717, 1.165) is 0 Å². The zero-order chi connectivity index (χ0) is 15.8. The van der Waals surface area contributed by atoms with E-state index in [0.29, 0.717) is 21.3 Å². The molecule has 0 aliphatic heterocycles. The lowest BCUT2D eigenvalue weighted by molar-refractivity contribution is 0.580. The standard InChI is InChI=1S/C12H12Cl3N3O2S/c1-7-11(12(15)18(2)17-7)21(19,20)16-6-8-4-3-5-9(13)10(8)14/h3-5,16H,6H2,1-2H3. The van der Waals surface area contributed by atoms with Gasteiger partial charge in [0, 0.05) is 13.6 Å². The van der Waals surface area contributed by atoms with Gasteiger partial charge in [0.05, 0.1) is 15.7 Å². The van der Waals surface area contributed by atoms with Gasteiger partial charge in [-0.3, -0.25) is 4.68 Å². The summed E-state index contributed by atoms with van der Waals surface area (Å²) < 4.78 is 28.4. The average Bonchev–Trinajstić information content (AvgIpc) is 2.65. The van der Waals surface area contributed by atoms with Crippen molar-refractivity contribution in [2.45, 2.75) is 18.4 Å². The summed E-state index contributed by atoms with van der Waals surface area (Å²) in [6.07, 6.45) is 0. The SMILES string of the molecule is Cc1nn(C)c(Cl)c1S(=O)(=O)NCc1cccc(Cl)c1Cl. The molecule has 0 fully saturated rings. The number of sulfonamides is 1. The maximum atomic E-state index is 12.3. The first-order valence-corrected chi connectivity index (χ1v) is 8.47. The molecule has 5 nitrogen and oxygen atoms in total. The maximum absolute atomic E-state index is 12.3. The van der Waals surface area contributed by atoms with Crippen LogP contribution in [0.5, 0.6) is 0 Å². The van der Waals surface area contributed by atoms with Crippen molar-refractivity contribution in [3.8, 4) is 0 Å². The summed E-state index contributed by atoms with van der Waals surface area (Å²) in [6, 6.07) is 5.01. The number of nitrogens with one attached hydrogen (secondary N) is 1. The minimum absolute atomic E-state index is 0.00634. The van der Waals surface area contributed by atoms with E-state index in [1.807, 2.05) is 0 Å². The second-order valence-corrected chi connectivity index (χ2v) is 7.21. The molecule has 0 aliphatic rings. The summed E-state index contributed by atoms with van der Waals surface area (Å²) in [5.74, 6) is 0. The van der Waals surface area contributed by atoms with Crippen molar-refractivity contribution < 1.29 is 8.42 Å². The highest BCUT2D eigenvalue weighted by Crippen LogP contribution is 2.27. The molecule has 0 saturated heterocycles. The number of aromatic nitrogens is 2. The molecule has 2 rings (SSSR count). The summed E-state index contributed by atoms with van der Waals surface area (Å²) in [6.45, 7) is 1.58. The fourth-order valence-electron chi connectivity index (χ4n) is 1.85. The topological polar surface area (TPSA) is 64.0 Å².